The average Bonchev–Trinajstić information content (AvgIpc) is 3.37. The van der Waals surface area contributed by atoms with Crippen molar-refractivity contribution in [3.63, 3.8) is 0 Å². The van der Waals surface area contributed by atoms with E-state index in [1.54, 1.807) is 49.9 Å². The predicted octanol–water partition coefficient (Wildman–Crippen LogP) is 6.20. The van der Waals surface area contributed by atoms with Crippen LogP contribution in [0.15, 0.2) is 42.5 Å². The number of ether oxygens (including phenoxy) is 2. The lowest BCUT2D eigenvalue weighted by atomic mass is 9.93. The zero-order valence-corrected chi connectivity index (χ0v) is 21.4. The SMILES string of the molecule is C#C[C@H]1Cc2nc3cc(F)c(C4=CCN(C(=O)OC(C)(C)C)CC4)cc3n2[C@H]1c1ccccc1OC(F)F. The minimum Gasteiger partial charge on any atom is -0.444 e. The summed E-state index contributed by atoms with van der Waals surface area (Å²) in [4.78, 5) is 18.6. The lowest BCUT2D eigenvalue weighted by Crippen LogP contribution is -2.39. The molecule has 1 amide bonds. The van der Waals surface area contributed by atoms with Gasteiger partial charge in [-0.3, -0.25) is 0 Å². The number of amides is 1. The van der Waals surface area contributed by atoms with Gasteiger partial charge in [-0.05, 0) is 44.9 Å². The van der Waals surface area contributed by atoms with Crippen LogP contribution in [-0.4, -0.2) is 45.8 Å². The summed E-state index contributed by atoms with van der Waals surface area (Å²) >= 11 is 0. The van der Waals surface area contributed by atoms with Crippen LogP contribution in [0.4, 0.5) is 18.0 Å². The van der Waals surface area contributed by atoms with E-state index in [-0.39, 0.29) is 11.7 Å². The van der Waals surface area contributed by atoms with Gasteiger partial charge in [0.1, 0.15) is 23.0 Å². The van der Waals surface area contributed by atoms with Crippen LogP contribution in [0, 0.1) is 24.1 Å². The van der Waals surface area contributed by atoms with Gasteiger partial charge in [0.25, 0.3) is 0 Å². The molecular formula is C29H28F3N3O3. The van der Waals surface area contributed by atoms with E-state index in [0.29, 0.717) is 53.9 Å². The minimum absolute atomic E-state index is 0.0435. The van der Waals surface area contributed by atoms with Gasteiger partial charge in [-0.15, -0.1) is 12.3 Å². The van der Waals surface area contributed by atoms with Crippen LogP contribution in [0.5, 0.6) is 5.75 Å². The van der Waals surface area contributed by atoms with E-state index in [4.69, 9.17) is 15.9 Å². The summed E-state index contributed by atoms with van der Waals surface area (Å²) in [5, 5.41) is 0. The molecule has 0 bridgehead atoms. The summed E-state index contributed by atoms with van der Waals surface area (Å²) in [6.07, 6.45) is 8.13. The molecule has 0 saturated heterocycles. The van der Waals surface area contributed by atoms with E-state index in [0.717, 1.165) is 5.57 Å². The molecule has 0 radical (unpaired) electrons. The number of hydrogen-bond acceptors (Lipinski definition) is 4. The highest BCUT2D eigenvalue weighted by Gasteiger charge is 2.37. The first kappa shape index (κ1) is 25.7. The Labute approximate surface area is 219 Å². The van der Waals surface area contributed by atoms with Crippen molar-refractivity contribution in [3.05, 3.63) is 65.2 Å². The van der Waals surface area contributed by atoms with Gasteiger partial charge in [0, 0.05) is 36.7 Å². The fourth-order valence-corrected chi connectivity index (χ4v) is 5.19. The highest BCUT2D eigenvalue weighted by atomic mass is 19.3. The summed E-state index contributed by atoms with van der Waals surface area (Å²) in [5.41, 5.74) is 2.20. The van der Waals surface area contributed by atoms with Crippen LogP contribution in [0.1, 0.15) is 50.2 Å². The number of carbonyl (C=O) groups is 1. The minimum atomic E-state index is -2.99. The Kier molecular flexibility index (Phi) is 6.59. The van der Waals surface area contributed by atoms with Crippen molar-refractivity contribution >= 4 is 22.7 Å². The van der Waals surface area contributed by atoms with Gasteiger partial charge in [-0.25, -0.2) is 14.2 Å². The summed E-state index contributed by atoms with van der Waals surface area (Å²) in [7, 11) is 0. The Hall–Kier alpha value is -3.93. The van der Waals surface area contributed by atoms with E-state index in [2.05, 4.69) is 10.9 Å². The highest BCUT2D eigenvalue weighted by molar-refractivity contribution is 5.83. The Morgan fingerprint density at radius 1 is 1.24 bits per heavy atom. The van der Waals surface area contributed by atoms with Gasteiger partial charge in [0.05, 0.1) is 23.0 Å². The molecule has 2 aromatic carbocycles. The molecule has 0 saturated carbocycles. The molecule has 2 aliphatic heterocycles. The van der Waals surface area contributed by atoms with Crippen LogP contribution in [-0.2, 0) is 11.2 Å². The maximum Gasteiger partial charge on any atom is 0.410 e. The smallest absolute Gasteiger partial charge is 0.410 e. The van der Waals surface area contributed by atoms with Gasteiger partial charge < -0.3 is 18.9 Å². The monoisotopic (exact) mass is 523 g/mol. The van der Waals surface area contributed by atoms with Crippen molar-refractivity contribution in [1.82, 2.24) is 14.5 Å². The first-order valence-electron chi connectivity index (χ1n) is 12.4. The number of para-hydroxylation sites is 1. The number of benzene rings is 2. The van der Waals surface area contributed by atoms with E-state index in [1.807, 2.05) is 10.6 Å². The number of carbonyl (C=O) groups excluding carboxylic acids is 1. The average molecular weight is 524 g/mol. The Morgan fingerprint density at radius 2 is 2.00 bits per heavy atom. The van der Waals surface area contributed by atoms with Crippen molar-refractivity contribution in [3.8, 4) is 18.1 Å². The normalized spacial score (nSPS) is 19.3. The van der Waals surface area contributed by atoms with Gasteiger partial charge >= 0.3 is 12.7 Å². The maximum atomic E-state index is 15.3. The van der Waals surface area contributed by atoms with Gasteiger partial charge in [-0.2, -0.15) is 8.78 Å². The molecule has 3 aromatic rings. The highest BCUT2D eigenvalue weighted by Crippen LogP contribution is 2.43. The molecule has 0 unspecified atom stereocenters. The molecule has 2 atom stereocenters. The van der Waals surface area contributed by atoms with E-state index < -0.39 is 30.2 Å². The molecule has 0 N–H and O–H groups in total. The van der Waals surface area contributed by atoms with Gasteiger partial charge in [0.2, 0.25) is 0 Å². The number of rotatable bonds is 4. The number of terminal acetylenes is 1. The zero-order valence-electron chi connectivity index (χ0n) is 21.4. The molecule has 1 aromatic heterocycles. The molecular weight excluding hydrogens is 495 g/mol. The Bertz CT molecular complexity index is 1470. The third-order valence-corrected chi connectivity index (χ3v) is 6.79. The fourth-order valence-electron chi connectivity index (χ4n) is 5.19. The molecule has 0 aliphatic carbocycles. The number of aromatic nitrogens is 2. The molecule has 198 valence electrons. The predicted molar refractivity (Wildman–Crippen MR) is 137 cm³/mol. The molecule has 5 rings (SSSR count). The maximum absolute atomic E-state index is 15.3. The van der Waals surface area contributed by atoms with Crippen molar-refractivity contribution in [1.29, 1.82) is 0 Å². The third kappa shape index (κ3) is 4.83. The molecule has 38 heavy (non-hydrogen) atoms. The standard InChI is InChI=1S/C29H28F3N3O3/c1-5-17-14-25-33-22-16-21(30)20(18-10-12-34(13-11-18)28(36)38-29(2,3)4)15-23(22)35(25)26(17)19-8-6-7-9-24(19)37-27(31)32/h1,6-10,15-17,26-27H,11-14H2,2-4H3/t17-,26+/m0/s1. The van der Waals surface area contributed by atoms with E-state index >= 15 is 4.39 Å². The number of nitrogens with zero attached hydrogens (tertiary/aromatic N) is 3. The molecule has 6 nitrogen and oxygen atoms in total. The van der Waals surface area contributed by atoms with Crippen LogP contribution < -0.4 is 4.74 Å². The van der Waals surface area contributed by atoms with Crippen LogP contribution in [0.3, 0.4) is 0 Å². The van der Waals surface area contributed by atoms with E-state index in [9.17, 15) is 13.6 Å². The topological polar surface area (TPSA) is 56.6 Å². The second kappa shape index (κ2) is 9.75. The summed E-state index contributed by atoms with van der Waals surface area (Å²) in [5.74, 6) is 2.72. The van der Waals surface area contributed by atoms with Crippen molar-refractivity contribution in [2.75, 3.05) is 13.1 Å². The quantitative estimate of drug-likeness (QED) is 0.383. The number of alkyl halides is 2. The molecule has 0 spiro atoms. The number of fused-ring (bicyclic) bond motifs is 3. The number of hydrogen-bond donors (Lipinski definition) is 0. The van der Waals surface area contributed by atoms with Gasteiger partial charge in [0.15, 0.2) is 0 Å². The second-order valence-electron chi connectivity index (χ2n) is 10.5. The number of halogens is 3. The summed E-state index contributed by atoms with van der Waals surface area (Å²) < 4.78 is 53.8. The Morgan fingerprint density at radius 3 is 2.66 bits per heavy atom. The third-order valence-electron chi connectivity index (χ3n) is 6.79. The number of imidazole rings is 1. The largest absolute Gasteiger partial charge is 0.444 e. The molecule has 3 heterocycles. The molecule has 0 fully saturated rings. The Balaban J connectivity index is 1.53. The summed E-state index contributed by atoms with van der Waals surface area (Å²) in [6, 6.07) is 9.19. The lowest BCUT2D eigenvalue weighted by Gasteiger charge is -2.29. The van der Waals surface area contributed by atoms with Crippen molar-refractivity contribution < 1.29 is 27.4 Å². The zero-order chi connectivity index (χ0) is 27.2. The molecule has 2 aliphatic rings. The second-order valence-corrected chi connectivity index (χ2v) is 10.5. The first-order chi connectivity index (χ1) is 18.1. The molecule has 9 heteroatoms. The van der Waals surface area contributed by atoms with Crippen LogP contribution in [0.25, 0.3) is 16.6 Å². The van der Waals surface area contributed by atoms with Crippen LogP contribution in [0.2, 0.25) is 0 Å². The van der Waals surface area contributed by atoms with Crippen molar-refractivity contribution in [2.45, 2.75) is 51.9 Å². The van der Waals surface area contributed by atoms with Crippen molar-refractivity contribution in [2.24, 2.45) is 5.92 Å². The lowest BCUT2D eigenvalue weighted by molar-refractivity contribution is -0.0507. The van der Waals surface area contributed by atoms with E-state index in [1.165, 1.54) is 12.1 Å². The summed E-state index contributed by atoms with van der Waals surface area (Å²) in [6.45, 7) is 3.12. The van der Waals surface area contributed by atoms with Crippen LogP contribution >= 0.6 is 0 Å². The van der Waals surface area contributed by atoms with Gasteiger partial charge in [-0.1, -0.05) is 24.3 Å². The first-order valence-corrected chi connectivity index (χ1v) is 12.4. The fraction of sp³-hybridized carbons (Fsp3) is 0.379.